The highest BCUT2D eigenvalue weighted by atomic mass is 35.5. The van der Waals surface area contributed by atoms with Crippen LogP contribution in [0.25, 0.3) is 17.1 Å². The molecule has 0 unspecified atom stereocenters. The molecule has 32 heteroatoms. The van der Waals surface area contributed by atoms with E-state index in [0.29, 0.717) is 171 Å². The molecule has 15 rings (SSSR count). The van der Waals surface area contributed by atoms with Gasteiger partial charge < -0.3 is 24.9 Å². The Morgan fingerprint density at radius 3 is 0.992 bits per heavy atom. The topological polar surface area (TPSA) is 197 Å². The van der Waals surface area contributed by atoms with E-state index in [9.17, 15) is 59.9 Å². The van der Waals surface area contributed by atoms with E-state index in [1.807, 2.05) is 167 Å². The van der Waals surface area contributed by atoms with E-state index in [0.717, 1.165) is 101 Å². The predicted molar refractivity (Wildman–Crippen MR) is 503 cm³/mol. The molecule has 1 N–H and O–H groups in total. The smallest absolute Gasteiger partial charge is 0.276 e. The first kappa shape index (κ1) is 96.8. The molecule has 0 atom stereocenters. The minimum atomic E-state index is -0.868. The van der Waals surface area contributed by atoms with Crippen LogP contribution in [-0.4, -0.2) is 177 Å². The van der Waals surface area contributed by atoms with Gasteiger partial charge in [0.1, 0.15) is 57.3 Å². The van der Waals surface area contributed by atoms with Crippen molar-refractivity contribution in [1.29, 1.82) is 0 Å². The summed E-state index contributed by atoms with van der Waals surface area (Å²) in [4.78, 5) is 110. The number of aromatic nitrogens is 7. The number of benzene rings is 8. The Labute approximate surface area is 778 Å². The van der Waals surface area contributed by atoms with Gasteiger partial charge in [0.15, 0.2) is 0 Å². The molecule has 4 aromatic heterocycles. The molecule has 3 fully saturated rings. The number of rotatable bonds is 26. The molecule has 3 aliphatic heterocycles. The van der Waals surface area contributed by atoms with Crippen LogP contribution in [0.5, 0.6) is 0 Å². The van der Waals surface area contributed by atoms with Crippen molar-refractivity contribution in [2.75, 3.05) is 83.2 Å². The summed E-state index contributed by atoms with van der Waals surface area (Å²) >= 11 is 24.7. The second-order valence-electron chi connectivity index (χ2n) is 33.5. The normalized spacial score (nSPS) is 14.0. The summed E-state index contributed by atoms with van der Waals surface area (Å²) in [6.45, 7) is 12.5. The Balaban J connectivity index is 0.000000178. The monoisotopic (exact) mass is 1870 g/mol. The molecular formula is C99H107Cl4F6N15O7. The molecule has 0 bridgehead atoms. The highest BCUT2D eigenvalue weighted by molar-refractivity contribution is 6.32. The zero-order valence-electron chi connectivity index (χ0n) is 74.5. The first-order valence-corrected chi connectivity index (χ1v) is 45.0. The van der Waals surface area contributed by atoms with Crippen molar-refractivity contribution < 1.29 is 46.9 Å². The molecule has 22 nitrogen and oxygen atoms in total. The lowest BCUT2D eigenvalue weighted by molar-refractivity contribution is -0.114. The van der Waals surface area contributed by atoms with Crippen LogP contribution in [0.2, 0.25) is 20.1 Å². The average molecular weight is 1870 g/mol. The van der Waals surface area contributed by atoms with Crippen molar-refractivity contribution in [2.45, 2.75) is 123 Å². The molecule has 131 heavy (non-hydrogen) atoms. The molecule has 8 aromatic carbocycles. The Bertz CT molecular complexity index is 6210. The quantitative estimate of drug-likeness (QED) is 0.0504. The number of likely N-dealkylation sites (tertiary alicyclic amines) is 3. The SMILES string of the molecule is CC(=O)Nc1ccc(-n2c(=O)c(CN(CCc3ccc(Cl)cc3)C3CCN(C(=O)c4c(F)cccc4F)CC3)c(C)n2C)cc1.Cc1c(CN(CCc2ccc(Cl)cc2)C2CCN(C(=O)c3c(F)cccc3F)CC2)c(=O)n(-c2ccc(N(C)C)cc2)n1C.Cc1c(CN(CCc2ccc(Cl)cc2)C2CCN(C(=O)c3c(F)cccc3F)CC2)c(=O)n(-c2cnccc2Cl)n1C.[HH]. The molecule has 0 radical (unpaired) electrons. The third kappa shape index (κ3) is 22.9. The summed E-state index contributed by atoms with van der Waals surface area (Å²) in [6.07, 6.45) is 8.95. The molecule has 690 valence electrons. The van der Waals surface area contributed by atoms with Crippen LogP contribution in [0.3, 0.4) is 0 Å². The number of carbonyl (C=O) groups is 4. The Kier molecular flexibility index (Phi) is 32.2. The van der Waals surface area contributed by atoms with Gasteiger partial charge in [-0.25, -0.2) is 40.4 Å². The summed E-state index contributed by atoms with van der Waals surface area (Å²) in [5.41, 5.74) is 9.57. The minimum absolute atomic E-state index is 0. The molecule has 4 amide bonds. The van der Waals surface area contributed by atoms with Gasteiger partial charge >= 0.3 is 0 Å². The fourth-order valence-electron chi connectivity index (χ4n) is 17.4. The van der Waals surface area contributed by atoms with E-state index >= 15 is 0 Å². The molecule has 0 spiro atoms. The lowest BCUT2D eigenvalue weighted by Gasteiger charge is -2.38. The number of halogens is 10. The third-order valence-electron chi connectivity index (χ3n) is 25.3. The molecule has 0 saturated carbocycles. The maximum Gasteiger partial charge on any atom is 0.276 e. The van der Waals surface area contributed by atoms with Crippen molar-refractivity contribution >= 4 is 81.4 Å². The van der Waals surface area contributed by atoms with Crippen LogP contribution in [0, 0.1) is 55.7 Å². The standard InChI is InChI=1S/C34H36ClF2N5O3.C34H38ClF2N5O2.C31H31Cl2F2N5O2.H2/c1-22-29(33(44)42(39(22)3)28-13-11-26(12-14-28)38-23(2)43)21-41(18-15-24-7-9-25(35)10-8-24)27-16-19-40(20-17-27)34(45)32-30(36)5-4-6-31(32)37;1-23-29(33(43)42(39(23)4)28-14-12-26(13-15-28)38(2)3)22-41(19-16-24-8-10-25(35)11-9-24)27-17-20-40(21-18-27)34(44)32-30(36)6-5-7-31(32)37;1-20-24(30(41)40(37(20)2)28-18-36-14-10-25(28)33)19-39(15-11-21-6-8-22(32)9-7-21)23-12-16-38(17-13-23)31(42)29-26(34)4-3-5-27(29)35;/h4-14,27H,15-21H2,1-3H3,(H,38,43);5-15,27H,16-22H2,1-4H3;3-10,14,18,23H,11-13,15-17,19H2,1-2H3;1H. The van der Waals surface area contributed by atoms with E-state index in [1.165, 1.54) is 44.5 Å². The summed E-state index contributed by atoms with van der Waals surface area (Å²) in [7, 11) is 9.50. The number of nitrogens with zero attached hydrogens (tertiary/aromatic N) is 14. The van der Waals surface area contributed by atoms with Crippen molar-refractivity contribution in [3.63, 3.8) is 0 Å². The van der Waals surface area contributed by atoms with E-state index in [4.69, 9.17) is 46.4 Å². The highest BCUT2D eigenvalue weighted by Crippen LogP contribution is 2.31. The zero-order chi connectivity index (χ0) is 93.8. The van der Waals surface area contributed by atoms with Gasteiger partial charge in [-0.3, -0.25) is 67.3 Å². The summed E-state index contributed by atoms with van der Waals surface area (Å²) < 4.78 is 96.3. The first-order valence-electron chi connectivity index (χ1n) is 43.5. The number of hydrogen-bond acceptors (Lipinski definition) is 12. The summed E-state index contributed by atoms with van der Waals surface area (Å²) in [6, 6.07) is 50.2. The summed E-state index contributed by atoms with van der Waals surface area (Å²) in [5, 5.41) is 5.15. The number of nitrogens with one attached hydrogen (secondary N) is 1. The van der Waals surface area contributed by atoms with Crippen molar-refractivity contribution in [3.05, 3.63) is 348 Å². The van der Waals surface area contributed by atoms with Gasteiger partial charge in [0.25, 0.3) is 34.4 Å². The number of hydrogen-bond donors (Lipinski definition) is 1. The van der Waals surface area contributed by atoms with Gasteiger partial charge in [-0.15, -0.1) is 0 Å². The van der Waals surface area contributed by atoms with E-state index in [2.05, 4.69) is 25.0 Å². The fourth-order valence-corrected chi connectivity index (χ4v) is 18.0. The van der Waals surface area contributed by atoms with Gasteiger partial charge in [0, 0.05) is 190 Å². The van der Waals surface area contributed by atoms with Gasteiger partial charge in [-0.1, -0.05) is 101 Å². The van der Waals surface area contributed by atoms with Crippen LogP contribution in [0.15, 0.2) is 209 Å². The Hall–Kier alpha value is -11.8. The summed E-state index contributed by atoms with van der Waals surface area (Å²) in [5.74, 6) is -7.27. The van der Waals surface area contributed by atoms with Gasteiger partial charge in [0.2, 0.25) is 5.91 Å². The van der Waals surface area contributed by atoms with Crippen LogP contribution >= 0.6 is 46.4 Å². The largest absolute Gasteiger partial charge is 0.378 e. The number of pyridine rings is 1. The zero-order valence-corrected chi connectivity index (χ0v) is 77.5. The molecule has 12 aromatic rings. The number of anilines is 2. The Morgan fingerprint density at radius 1 is 0.412 bits per heavy atom. The Morgan fingerprint density at radius 2 is 0.702 bits per heavy atom. The second kappa shape index (κ2) is 43.5. The fraction of sp³-hybridized carbons (Fsp3) is 0.333. The van der Waals surface area contributed by atoms with Crippen molar-refractivity contribution in [2.24, 2.45) is 21.1 Å². The average Bonchev–Trinajstić information content (AvgIpc) is 1.66. The number of amides is 4. The second-order valence-corrected chi connectivity index (χ2v) is 35.2. The van der Waals surface area contributed by atoms with Gasteiger partial charge in [-0.2, -0.15) is 0 Å². The van der Waals surface area contributed by atoms with Crippen molar-refractivity contribution in [3.8, 4) is 17.1 Å². The van der Waals surface area contributed by atoms with Gasteiger partial charge in [0.05, 0.1) is 39.3 Å². The van der Waals surface area contributed by atoms with Crippen LogP contribution < -0.4 is 26.9 Å². The van der Waals surface area contributed by atoms with E-state index in [1.54, 1.807) is 56.8 Å². The number of piperidine rings is 3. The van der Waals surface area contributed by atoms with Crippen LogP contribution in [-0.2, 0) is 64.8 Å². The van der Waals surface area contributed by atoms with Crippen molar-refractivity contribution in [1.82, 2.24) is 62.5 Å². The molecule has 3 saturated heterocycles. The van der Waals surface area contributed by atoms with Crippen LogP contribution in [0.4, 0.5) is 37.7 Å². The maximum absolute atomic E-state index is 14.3. The third-order valence-corrected chi connectivity index (χ3v) is 26.3. The van der Waals surface area contributed by atoms with Gasteiger partial charge in [-0.05, 0) is 223 Å². The van der Waals surface area contributed by atoms with E-state index < -0.39 is 69.3 Å². The lowest BCUT2D eigenvalue weighted by atomic mass is 10.00. The first-order chi connectivity index (χ1) is 62.7. The van der Waals surface area contributed by atoms with Crippen LogP contribution in [0.1, 0.15) is 128 Å². The maximum atomic E-state index is 14.3. The number of carbonyl (C=O) groups excluding carboxylic acids is 4. The molecule has 0 aliphatic carbocycles. The predicted octanol–water partition coefficient (Wildman–Crippen LogP) is 17.6. The molecule has 7 heterocycles. The molecule has 3 aliphatic rings. The molecular weight excluding hydrogens is 1770 g/mol. The lowest BCUT2D eigenvalue weighted by Crippen LogP contribution is -2.47. The minimum Gasteiger partial charge on any atom is -0.378 e. The highest BCUT2D eigenvalue weighted by Gasteiger charge is 2.36. The van der Waals surface area contributed by atoms with E-state index in [-0.39, 0.29) is 42.1 Å².